The number of allylic oxidation sites excluding steroid dienone is 8. The second-order valence-electron chi connectivity index (χ2n) is 9.81. The number of alkyl halides is 12. The van der Waals surface area contributed by atoms with Crippen LogP contribution in [0.4, 0.5) is 52.7 Å². The van der Waals surface area contributed by atoms with Gasteiger partial charge in [0.05, 0.1) is 35.8 Å². The van der Waals surface area contributed by atoms with Crippen LogP contribution in [-0.4, -0.2) is 72.1 Å². The van der Waals surface area contributed by atoms with Crippen molar-refractivity contribution in [3.05, 3.63) is 96.0 Å². The van der Waals surface area contributed by atoms with E-state index in [4.69, 9.17) is 15.0 Å². The predicted octanol–water partition coefficient (Wildman–Crippen LogP) is 9.65. The smallest absolute Gasteiger partial charge is 0.380 e. The van der Waals surface area contributed by atoms with Crippen LogP contribution in [0.5, 0.6) is 0 Å². The van der Waals surface area contributed by atoms with E-state index < -0.39 is 64.1 Å². The van der Waals surface area contributed by atoms with E-state index in [0.717, 1.165) is 30.6 Å². The molecule has 0 fully saturated rings. The molecule has 0 atom stereocenters. The van der Waals surface area contributed by atoms with E-state index in [0.29, 0.717) is 0 Å². The molecule has 2 aromatic rings. The van der Waals surface area contributed by atoms with Crippen LogP contribution < -0.4 is 0 Å². The molecule has 2 aliphatic carbocycles. The van der Waals surface area contributed by atoms with E-state index in [-0.39, 0.29) is 43.2 Å². The van der Waals surface area contributed by atoms with Crippen LogP contribution in [0.15, 0.2) is 78.5 Å². The monoisotopic (exact) mass is 929 g/mol. The van der Waals surface area contributed by atoms with Gasteiger partial charge in [-0.3, -0.25) is 14.6 Å². The maximum Gasteiger partial charge on any atom is 0.380 e. The minimum atomic E-state index is -5.49. The van der Waals surface area contributed by atoms with Gasteiger partial charge in [-0.1, -0.05) is 31.7 Å². The van der Waals surface area contributed by atoms with Gasteiger partial charge in [0.2, 0.25) is 0 Å². The summed E-state index contributed by atoms with van der Waals surface area (Å²) in [7, 11) is 0. The minimum Gasteiger partial charge on any atom is -0.512 e. The molecular weight excluding hydrogens is 897 g/mol. The minimum absolute atomic E-state index is 0. The van der Waals surface area contributed by atoms with Crippen LogP contribution >= 0.6 is 0 Å². The average Bonchev–Trinajstić information content (AvgIpc) is 3.21. The van der Waals surface area contributed by atoms with Gasteiger partial charge in [-0.25, -0.2) is 8.78 Å². The second-order valence-corrected chi connectivity index (χ2v) is 9.81. The Hall–Kier alpha value is -3.99. The maximum atomic E-state index is 13.2. The van der Waals surface area contributed by atoms with Gasteiger partial charge in [-0.05, 0) is 39.0 Å². The third-order valence-corrected chi connectivity index (χ3v) is 5.55. The molecule has 0 amide bonds. The molecule has 0 unspecified atom stereocenters. The summed E-state index contributed by atoms with van der Waals surface area (Å²) in [6.45, 7) is 9.85. The van der Waals surface area contributed by atoms with Crippen molar-refractivity contribution in [2.75, 3.05) is 0 Å². The Balaban J connectivity index is 0. The number of hydrogen-bond acceptors (Lipinski definition) is 5. The van der Waals surface area contributed by atoms with Crippen LogP contribution in [-0.2, 0) is 24.9 Å². The normalized spacial score (nSPS) is 19.6. The number of aliphatic hydroxyl groups is 2. The van der Waals surface area contributed by atoms with Crippen LogP contribution in [0.3, 0.4) is 0 Å². The Labute approximate surface area is 298 Å². The van der Waals surface area contributed by atoms with Crippen molar-refractivity contribution in [2.24, 2.45) is 0 Å². The van der Waals surface area contributed by atoms with Gasteiger partial charge in [0.15, 0.2) is 5.78 Å². The molecule has 19 heteroatoms. The molecule has 0 bridgehead atoms. The first kappa shape index (κ1) is 49.1. The molecule has 2 aromatic heterocycles. The van der Waals surface area contributed by atoms with Crippen molar-refractivity contribution in [2.45, 2.75) is 77.1 Å². The molecule has 6 nitrogen and oxygen atoms in total. The van der Waals surface area contributed by atoms with Gasteiger partial charge in [0, 0.05) is 44.7 Å². The van der Waals surface area contributed by atoms with Gasteiger partial charge < -0.3 is 15.2 Å². The number of nitrogens with zero attached hydrogens (tertiary/aromatic N) is 2. The standard InChI is InChI=1S/C10H5F6N.C10H4F6N.2C5H8O2.C2H6.Ir/c2*11-8(12)5-6(7-3-1-2-4-17-7)9(13,14)10(8,15)16;2*1-4(6)3-5(2)7;1-2;/h1-5H;1-4H;2*3,6H,1-2H3;1-2H3;/q;-1;;;;/p+1/b;;4-3-;;;. The van der Waals surface area contributed by atoms with Gasteiger partial charge in [0.25, 0.3) is 5.92 Å². The third-order valence-electron chi connectivity index (χ3n) is 5.55. The van der Waals surface area contributed by atoms with Gasteiger partial charge >= 0.3 is 35.4 Å². The summed E-state index contributed by atoms with van der Waals surface area (Å²) in [6, 6.07) is 7.07. The van der Waals surface area contributed by atoms with Crippen LogP contribution in [0.2, 0.25) is 0 Å². The van der Waals surface area contributed by atoms with Crippen molar-refractivity contribution in [3.8, 4) is 0 Å². The molecule has 2 heterocycles. The summed E-state index contributed by atoms with van der Waals surface area (Å²) in [4.78, 5) is 25.1. The molecule has 287 valence electrons. The first-order valence-corrected chi connectivity index (χ1v) is 13.9. The number of halogens is 12. The van der Waals surface area contributed by atoms with Crippen molar-refractivity contribution >= 4 is 22.7 Å². The fraction of sp³-hybridized carbons (Fsp3) is 0.375. The number of pyridine rings is 2. The van der Waals surface area contributed by atoms with E-state index >= 15 is 0 Å². The number of aliphatic hydroxyl groups excluding tert-OH is 2. The molecular formula is C32H32F12IrN2O4. The molecule has 2 aliphatic rings. The molecule has 0 saturated heterocycles. The Morgan fingerprint density at radius 3 is 1.37 bits per heavy atom. The van der Waals surface area contributed by atoms with Crippen molar-refractivity contribution < 1.29 is 92.6 Å². The zero-order valence-electron chi connectivity index (χ0n) is 27.4. The molecule has 3 N–H and O–H groups in total. The number of ketones is 2. The van der Waals surface area contributed by atoms with Crippen molar-refractivity contribution in [1.29, 1.82) is 0 Å². The molecule has 0 saturated carbocycles. The van der Waals surface area contributed by atoms with Gasteiger partial charge in [-0.15, -0.1) is 11.6 Å². The Morgan fingerprint density at radius 2 is 1.14 bits per heavy atom. The first-order valence-electron chi connectivity index (χ1n) is 13.9. The average molecular weight is 929 g/mol. The summed E-state index contributed by atoms with van der Waals surface area (Å²) in [5, 5.41) is 16.8. The number of carbonyl (C=O) groups is 1. The van der Waals surface area contributed by atoms with Gasteiger partial charge in [-0.2, -0.15) is 50.0 Å². The fourth-order valence-electron chi connectivity index (χ4n) is 3.50. The summed E-state index contributed by atoms with van der Waals surface area (Å²) in [6.07, 6.45) is 4.96. The molecule has 51 heavy (non-hydrogen) atoms. The van der Waals surface area contributed by atoms with E-state index in [9.17, 15) is 57.5 Å². The zero-order chi connectivity index (χ0) is 39.5. The van der Waals surface area contributed by atoms with Gasteiger partial charge in [0.1, 0.15) is 0 Å². The molecule has 4 rings (SSSR count). The van der Waals surface area contributed by atoms with Crippen LogP contribution in [0.25, 0.3) is 11.1 Å². The first-order chi connectivity index (χ1) is 22.7. The third kappa shape index (κ3) is 12.0. The molecule has 0 aliphatic heterocycles. The Morgan fingerprint density at radius 1 is 0.706 bits per heavy atom. The Kier molecular flexibility index (Phi) is 18.3. The number of hydrogen-bond donors (Lipinski definition) is 2. The zero-order valence-corrected chi connectivity index (χ0v) is 29.8. The molecule has 0 aromatic carbocycles. The van der Waals surface area contributed by atoms with E-state index in [1.165, 1.54) is 64.1 Å². The second kappa shape index (κ2) is 19.0. The van der Waals surface area contributed by atoms with Crippen LogP contribution in [0, 0.1) is 6.08 Å². The summed E-state index contributed by atoms with van der Waals surface area (Å²) in [5.41, 5.74) is -4.26. The number of carbonyl (C=O) groups excluding carboxylic acids is 2. The topological polar surface area (TPSA) is 105 Å². The maximum absolute atomic E-state index is 13.2. The molecule has 1 radical (unpaired) electrons. The van der Waals surface area contributed by atoms with E-state index in [1.54, 1.807) is 0 Å². The fourth-order valence-corrected chi connectivity index (χ4v) is 3.50. The quantitative estimate of drug-likeness (QED) is 0.105. The summed E-state index contributed by atoms with van der Waals surface area (Å²) >= 11 is 0. The number of aromatic nitrogens is 2. The SMILES string of the molecule is CC.CC(=O)/C=C(/C)O.CC(=[OH+])C=C(C)O.FC1(F)C=C(c2ccccn2)C(F)(F)C1(F)F.FC1(F)[C-]=C(c2ccccn2)C(F)(F)C1(F)F.[Ir]. The number of rotatable bonds is 4. The van der Waals surface area contributed by atoms with Crippen molar-refractivity contribution in [1.82, 2.24) is 9.97 Å². The Bertz CT molecular complexity index is 1450. The summed E-state index contributed by atoms with van der Waals surface area (Å²) < 4.78 is 155. The van der Waals surface area contributed by atoms with Crippen molar-refractivity contribution in [3.63, 3.8) is 0 Å². The van der Waals surface area contributed by atoms with E-state index in [1.807, 2.05) is 13.8 Å². The van der Waals surface area contributed by atoms with E-state index in [2.05, 4.69) is 9.97 Å². The van der Waals surface area contributed by atoms with Crippen LogP contribution in [0.1, 0.15) is 52.9 Å². The molecule has 0 spiro atoms. The largest absolute Gasteiger partial charge is 0.512 e. The summed E-state index contributed by atoms with van der Waals surface area (Å²) in [5.74, 6) is -30.6. The predicted molar refractivity (Wildman–Crippen MR) is 160 cm³/mol.